The molecular formula is C13H21N3O3S2. The summed E-state index contributed by atoms with van der Waals surface area (Å²) in [7, 11) is -3.31. The number of primary amides is 1. The molecule has 1 saturated heterocycles. The molecule has 2 rings (SSSR count). The zero-order chi connectivity index (χ0) is 15.6. The number of carbonyl (C=O) groups excluding carboxylic acids is 1. The first-order chi connectivity index (χ1) is 9.77. The van der Waals surface area contributed by atoms with Gasteiger partial charge in [-0.1, -0.05) is 0 Å². The number of nitrogens with zero attached hydrogens (tertiary/aromatic N) is 2. The summed E-state index contributed by atoms with van der Waals surface area (Å²) in [5.41, 5.74) is 6.65. The summed E-state index contributed by atoms with van der Waals surface area (Å²) in [6.45, 7) is 4.46. The van der Waals surface area contributed by atoms with E-state index in [2.05, 4.69) is 17.9 Å². The Labute approximate surface area is 129 Å². The normalized spacial score (nSPS) is 22.1. The Balaban J connectivity index is 2.14. The molecule has 0 bridgehead atoms. The molecule has 1 fully saturated rings. The van der Waals surface area contributed by atoms with Crippen LogP contribution in [-0.4, -0.2) is 56.0 Å². The van der Waals surface area contributed by atoms with Crippen molar-refractivity contribution in [2.24, 2.45) is 11.7 Å². The van der Waals surface area contributed by atoms with Crippen LogP contribution < -0.4 is 5.73 Å². The van der Waals surface area contributed by atoms with Gasteiger partial charge >= 0.3 is 0 Å². The van der Waals surface area contributed by atoms with Crippen molar-refractivity contribution in [3.05, 3.63) is 21.9 Å². The van der Waals surface area contributed by atoms with Gasteiger partial charge < -0.3 is 5.73 Å². The van der Waals surface area contributed by atoms with Gasteiger partial charge in [-0.05, 0) is 23.9 Å². The molecular weight excluding hydrogens is 310 g/mol. The van der Waals surface area contributed by atoms with Crippen molar-refractivity contribution >= 4 is 27.3 Å². The van der Waals surface area contributed by atoms with Crippen molar-refractivity contribution < 1.29 is 13.2 Å². The minimum Gasteiger partial charge on any atom is -0.369 e. The molecule has 1 aromatic heterocycles. The van der Waals surface area contributed by atoms with Gasteiger partial charge in [0.2, 0.25) is 15.9 Å². The van der Waals surface area contributed by atoms with E-state index in [0.717, 1.165) is 6.54 Å². The van der Waals surface area contributed by atoms with Crippen LogP contribution in [-0.2, 0) is 21.4 Å². The van der Waals surface area contributed by atoms with Crippen LogP contribution in [0.15, 0.2) is 11.4 Å². The Kier molecular flexibility index (Phi) is 5.03. The third-order valence-corrected chi connectivity index (χ3v) is 6.05. The fourth-order valence-corrected chi connectivity index (χ4v) is 4.26. The van der Waals surface area contributed by atoms with E-state index in [-0.39, 0.29) is 6.54 Å². The lowest BCUT2D eigenvalue weighted by atomic mass is 10.1. The van der Waals surface area contributed by atoms with E-state index in [1.54, 1.807) is 11.3 Å². The highest BCUT2D eigenvalue weighted by molar-refractivity contribution is 7.88. The first-order valence-electron chi connectivity index (χ1n) is 6.77. The van der Waals surface area contributed by atoms with Gasteiger partial charge in [-0.25, -0.2) is 12.7 Å². The van der Waals surface area contributed by atoms with Crippen LogP contribution in [0.4, 0.5) is 0 Å². The number of nitrogens with two attached hydrogens (primary N) is 1. The summed E-state index contributed by atoms with van der Waals surface area (Å²) in [5.74, 6) is -0.916. The lowest BCUT2D eigenvalue weighted by molar-refractivity contribution is -0.122. The van der Waals surface area contributed by atoms with Crippen LogP contribution in [0.3, 0.4) is 0 Å². The SMILES string of the molecule is Cc1ccsc1CN1CCN(S(C)(=O)=O)CC(C(N)=O)C1. The molecule has 1 aliphatic heterocycles. The zero-order valence-corrected chi connectivity index (χ0v) is 13.9. The van der Waals surface area contributed by atoms with Gasteiger partial charge in [0.05, 0.1) is 12.2 Å². The Hall–Kier alpha value is -0.960. The van der Waals surface area contributed by atoms with E-state index in [9.17, 15) is 13.2 Å². The van der Waals surface area contributed by atoms with E-state index in [0.29, 0.717) is 19.6 Å². The molecule has 1 amide bonds. The van der Waals surface area contributed by atoms with Crippen LogP contribution in [0, 0.1) is 12.8 Å². The topological polar surface area (TPSA) is 83.7 Å². The van der Waals surface area contributed by atoms with Crippen LogP contribution >= 0.6 is 11.3 Å². The van der Waals surface area contributed by atoms with Crippen LogP contribution in [0.2, 0.25) is 0 Å². The van der Waals surface area contributed by atoms with Gasteiger partial charge in [0.15, 0.2) is 0 Å². The smallest absolute Gasteiger partial charge is 0.223 e. The number of rotatable bonds is 4. The molecule has 2 N–H and O–H groups in total. The lowest BCUT2D eigenvalue weighted by Crippen LogP contribution is -2.40. The number of carbonyl (C=O) groups is 1. The van der Waals surface area contributed by atoms with E-state index in [1.165, 1.54) is 21.0 Å². The van der Waals surface area contributed by atoms with E-state index in [1.807, 2.05) is 5.38 Å². The molecule has 1 aliphatic rings. The van der Waals surface area contributed by atoms with Crippen LogP contribution in [0.5, 0.6) is 0 Å². The Morgan fingerprint density at radius 2 is 2.14 bits per heavy atom. The number of hydrogen-bond donors (Lipinski definition) is 1. The second-order valence-corrected chi connectivity index (χ2v) is 8.47. The quantitative estimate of drug-likeness (QED) is 0.856. The molecule has 1 atom stereocenters. The number of hydrogen-bond acceptors (Lipinski definition) is 5. The summed E-state index contributed by atoms with van der Waals surface area (Å²) in [4.78, 5) is 14.9. The summed E-state index contributed by atoms with van der Waals surface area (Å²) >= 11 is 1.68. The van der Waals surface area contributed by atoms with Crippen molar-refractivity contribution in [2.75, 3.05) is 32.4 Å². The number of amides is 1. The maximum atomic E-state index is 11.7. The second-order valence-electron chi connectivity index (χ2n) is 5.48. The van der Waals surface area contributed by atoms with Gasteiger partial charge in [0.1, 0.15) is 0 Å². The molecule has 8 heteroatoms. The van der Waals surface area contributed by atoms with Crippen LogP contribution in [0.25, 0.3) is 0 Å². The second kappa shape index (κ2) is 6.43. The molecule has 0 spiro atoms. The molecule has 1 unspecified atom stereocenters. The van der Waals surface area contributed by atoms with E-state index >= 15 is 0 Å². The van der Waals surface area contributed by atoms with Gasteiger partial charge in [-0.15, -0.1) is 11.3 Å². The summed E-state index contributed by atoms with van der Waals surface area (Å²) in [6.07, 6.45) is 1.17. The average molecular weight is 331 g/mol. The number of sulfonamides is 1. The van der Waals surface area contributed by atoms with Crippen molar-refractivity contribution in [3.8, 4) is 0 Å². The number of thiophene rings is 1. The first kappa shape index (κ1) is 16.4. The maximum absolute atomic E-state index is 11.7. The first-order valence-corrected chi connectivity index (χ1v) is 9.50. The highest BCUT2D eigenvalue weighted by Crippen LogP contribution is 2.20. The van der Waals surface area contributed by atoms with E-state index < -0.39 is 21.8 Å². The van der Waals surface area contributed by atoms with E-state index in [4.69, 9.17) is 5.73 Å². The molecule has 0 radical (unpaired) electrons. The minimum atomic E-state index is -3.31. The average Bonchev–Trinajstić information content (AvgIpc) is 2.64. The molecule has 0 aliphatic carbocycles. The molecule has 1 aromatic rings. The Bertz CT molecular complexity index is 612. The molecule has 2 heterocycles. The number of aryl methyl sites for hydroxylation is 1. The summed E-state index contributed by atoms with van der Waals surface area (Å²) in [5, 5.41) is 2.04. The lowest BCUT2D eigenvalue weighted by Gasteiger charge is -2.21. The Morgan fingerprint density at radius 1 is 1.43 bits per heavy atom. The Morgan fingerprint density at radius 3 is 2.67 bits per heavy atom. The fourth-order valence-electron chi connectivity index (χ4n) is 2.44. The highest BCUT2D eigenvalue weighted by atomic mass is 32.2. The molecule has 0 saturated carbocycles. The van der Waals surface area contributed by atoms with Gasteiger partial charge in [-0.2, -0.15) is 0 Å². The van der Waals surface area contributed by atoms with Crippen molar-refractivity contribution in [2.45, 2.75) is 13.5 Å². The highest BCUT2D eigenvalue weighted by Gasteiger charge is 2.30. The monoisotopic (exact) mass is 331 g/mol. The summed E-state index contributed by atoms with van der Waals surface area (Å²) in [6, 6.07) is 2.06. The summed E-state index contributed by atoms with van der Waals surface area (Å²) < 4.78 is 24.8. The fraction of sp³-hybridized carbons (Fsp3) is 0.615. The van der Waals surface area contributed by atoms with Crippen molar-refractivity contribution in [3.63, 3.8) is 0 Å². The van der Waals surface area contributed by atoms with Crippen LogP contribution in [0.1, 0.15) is 10.4 Å². The minimum absolute atomic E-state index is 0.175. The largest absolute Gasteiger partial charge is 0.369 e. The molecule has 0 aromatic carbocycles. The molecule has 21 heavy (non-hydrogen) atoms. The van der Waals surface area contributed by atoms with Gasteiger partial charge in [0.25, 0.3) is 0 Å². The maximum Gasteiger partial charge on any atom is 0.223 e. The van der Waals surface area contributed by atoms with Gasteiger partial charge in [-0.3, -0.25) is 9.69 Å². The predicted octanol–water partition coefficient (Wildman–Crippen LogP) is 0.235. The third-order valence-electron chi connectivity index (χ3n) is 3.78. The van der Waals surface area contributed by atoms with Crippen molar-refractivity contribution in [1.29, 1.82) is 0 Å². The molecule has 6 nitrogen and oxygen atoms in total. The third kappa shape index (κ3) is 4.26. The zero-order valence-electron chi connectivity index (χ0n) is 12.3. The standard InChI is InChI=1S/C13H21N3O3S2/c1-10-3-6-20-12(10)9-15-4-5-16(21(2,18)19)8-11(7-15)13(14)17/h3,6,11H,4-5,7-9H2,1-2H3,(H2,14,17). The molecule has 118 valence electrons. The van der Waals surface area contributed by atoms with Crippen molar-refractivity contribution in [1.82, 2.24) is 9.21 Å². The van der Waals surface area contributed by atoms with Gasteiger partial charge in [0, 0.05) is 37.6 Å². The predicted molar refractivity (Wildman–Crippen MR) is 83.4 cm³/mol.